The van der Waals surface area contributed by atoms with Crippen molar-refractivity contribution in [3.63, 3.8) is 0 Å². The molecule has 1 aromatic heterocycles. The number of carbonyl (C=O) groups is 1. The lowest BCUT2D eigenvalue weighted by Crippen LogP contribution is -2.34. The van der Waals surface area contributed by atoms with Crippen LogP contribution in [0, 0.1) is 0 Å². The molecule has 0 bridgehead atoms. The van der Waals surface area contributed by atoms with Crippen molar-refractivity contribution >= 4 is 45.0 Å². The lowest BCUT2D eigenvalue weighted by molar-refractivity contribution is 0.0594. The number of anilines is 1. The van der Waals surface area contributed by atoms with Gasteiger partial charge in [0, 0.05) is 18.9 Å². The molecule has 1 heterocycles. The second kappa shape index (κ2) is 7.99. The van der Waals surface area contributed by atoms with Crippen LogP contribution in [0.3, 0.4) is 0 Å². The van der Waals surface area contributed by atoms with Crippen molar-refractivity contribution < 1.29 is 17.9 Å². The molecule has 134 valence electrons. The van der Waals surface area contributed by atoms with Crippen molar-refractivity contribution in [2.75, 3.05) is 18.0 Å². The second-order valence-corrected chi connectivity index (χ2v) is 7.53. The molecule has 2 aromatic rings. The van der Waals surface area contributed by atoms with Gasteiger partial charge in [0.15, 0.2) is 11.5 Å². The van der Waals surface area contributed by atoms with Gasteiger partial charge in [-0.15, -0.1) is 0 Å². The molecule has 0 aliphatic heterocycles. The van der Waals surface area contributed by atoms with E-state index in [1.54, 1.807) is 25.1 Å². The van der Waals surface area contributed by atoms with E-state index in [0.29, 0.717) is 5.56 Å². The van der Waals surface area contributed by atoms with E-state index in [0.717, 1.165) is 4.31 Å². The Labute approximate surface area is 155 Å². The highest BCUT2D eigenvalue weighted by molar-refractivity contribution is 7.92. The Balaban J connectivity index is 2.47. The van der Waals surface area contributed by atoms with Crippen LogP contribution in [0.1, 0.15) is 23.0 Å². The van der Waals surface area contributed by atoms with E-state index in [9.17, 15) is 13.2 Å². The lowest BCUT2D eigenvalue weighted by Gasteiger charge is -2.23. The van der Waals surface area contributed by atoms with Crippen LogP contribution in [-0.2, 0) is 20.5 Å². The smallest absolute Gasteiger partial charge is 0.360 e. The van der Waals surface area contributed by atoms with Gasteiger partial charge < -0.3 is 4.74 Å². The molecule has 0 spiro atoms. The molecule has 2 rings (SSSR count). The summed E-state index contributed by atoms with van der Waals surface area (Å²) in [5, 5.41) is 0.420. The molecule has 0 radical (unpaired) electrons. The number of rotatable bonds is 6. The molecule has 10 heteroatoms. The lowest BCUT2D eigenvalue weighted by atomic mass is 10.2. The average molecular weight is 404 g/mol. The fourth-order valence-corrected chi connectivity index (χ4v) is 4.21. The first-order chi connectivity index (χ1) is 11.8. The third-order valence-electron chi connectivity index (χ3n) is 3.29. The van der Waals surface area contributed by atoms with Gasteiger partial charge in [0.05, 0.1) is 22.9 Å². The maximum atomic E-state index is 12.9. The van der Waals surface area contributed by atoms with Crippen LogP contribution >= 0.6 is 23.2 Å². The van der Waals surface area contributed by atoms with Gasteiger partial charge in [-0.05, 0) is 18.6 Å². The summed E-state index contributed by atoms with van der Waals surface area (Å²) in [5.41, 5.74) is 0.156. The molecule has 0 atom stereocenters. The number of hydrogen-bond acceptors (Lipinski definition) is 6. The fourth-order valence-electron chi connectivity index (χ4n) is 2.17. The van der Waals surface area contributed by atoms with Gasteiger partial charge in [-0.25, -0.2) is 23.2 Å². The summed E-state index contributed by atoms with van der Waals surface area (Å²) < 4.78 is 31.4. The number of carbonyl (C=O) groups excluding carboxylic acids is 1. The van der Waals surface area contributed by atoms with Crippen LogP contribution in [0.15, 0.2) is 30.6 Å². The highest BCUT2D eigenvalue weighted by Crippen LogP contribution is 2.29. The summed E-state index contributed by atoms with van der Waals surface area (Å²) in [4.78, 5) is 19.7. The summed E-state index contributed by atoms with van der Waals surface area (Å²) in [6.07, 6.45) is 2.58. The Bertz CT molecular complexity index is 890. The van der Waals surface area contributed by atoms with E-state index in [1.807, 2.05) is 0 Å². The van der Waals surface area contributed by atoms with Gasteiger partial charge in [-0.1, -0.05) is 35.3 Å². The topological polar surface area (TPSA) is 89.5 Å². The van der Waals surface area contributed by atoms with Gasteiger partial charge in [0.1, 0.15) is 0 Å². The number of nitrogens with zero attached hydrogens (tertiary/aromatic N) is 3. The first-order valence-electron chi connectivity index (χ1n) is 7.14. The number of methoxy groups -OCH3 is 1. The Hall–Kier alpha value is -1.90. The molecule has 0 unspecified atom stereocenters. The van der Waals surface area contributed by atoms with Crippen LogP contribution in [0.5, 0.6) is 0 Å². The summed E-state index contributed by atoms with van der Waals surface area (Å²) in [6, 6.07) is 4.74. The van der Waals surface area contributed by atoms with Crippen LogP contribution in [0.4, 0.5) is 5.82 Å². The molecule has 0 saturated carbocycles. The van der Waals surface area contributed by atoms with E-state index in [-0.39, 0.29) is 28.1 Å². The first kappa shape index (κ1) is 19.4. The Kier molecular flexibility index (Phi) is 6.21. The highest BCUT2D eigenvalue weighted by atomic mass is 35.5. The predicted octanol–water partition coefficient (Wildman–Crippen LogP) is 2.93. The highest BCUT2D eigenvalue weighted by Gasteiger charge is 2.29. The van der Waals surface area contributed by atoms with Crippen molar-refractivity contribution in [2.24, 2.45) is 0 Å². The molecule has 0 N–H and O–H groups in total. The molecule has 25 heavy (non-hydrogen) atoms. The number of benzene rings is 1. The maximum Gasteiger partial charge on any atom is 0.360 e. The van der Waals surface area contributed by atoms with Crippen molar-refractivity contribution in [3.8, 4) is 0 Å². The number of halogens is 2. The van der Waals surface area contributed by atoms with Gasteiger partial charge >= 0.3 is 5.97 Å². The van der Waals surface area contributed by atoms with Crippen molar-refractivity contribution in [1.29, 1.82) is 0 Å². The molecular weight excluding hydrogens is 389 g/mol. The monoisotopic (exact) mass is 403 g/mol. The SMILES string of the molecule is CCN(c1nccnc1C(=O)OC)S(=O)(=O)Cc1cccc(Cl)c1Cl. The molecule has 0 aliphatic carbocycles. The molecule has 7 nitrogen and oxygen atoms in total. The third kappa shape index (κ3) is 4.20. The molecule has 1 aromatic carbocycles. The van der Waals surface area contributed by atoms with E-state index in [1.165, 1.54) is 19.5 Å². The van der Waals surface area contributed by atoms with Crippen LogP contribution < -0.4 is 4.31 Å². The third-order valence-corrected chi connectivity index (χ3v) is 5.92. The minimum Gasteiger partial charge on any atom is -0.464 e. The minimum absolute atomic E-state index is 0.0448. The van der Waals surface area contributed by atoms with Gasteiger partial charge in [-0.2, -0.15) is 0 Å². The fraction of sp³-hybridized carbons (Fsp3) is 0.267. The van der Waals surface area contributed by atoms with Crippen molar-refractivity contribution in [1.82, 2.24) is 9.97 Å². The number of aromatic nitrogens is 2. The zero-order chi connectivity index (χ0) is 18.6. The predicted molar refractivity (Wildman–Crippen MR) is 95.5 cm³/mol. The standard InChI is InChI=1S/C15H15Cl2N3O4S/c1-3-20(14-13(15(21)24-2)18-7-8-19-14)25(22,23)9-10-5-4-6-11(16)12(10)17/h4-8H,3,9H2,1-2H3. The van der Waals surface area contributed by atoms with Crippen molar-refractivity contribution in [2.45, 2.75) is 12.7 Å². The largest absolute Gasteiger partial charge is 0.464 e. The molecular formula is C15H15Cl2N3O4S. The van der Waals surface area contributed by atoms with Crippen molar-refractivity contribution in [3.05, 3.63) is 51.9 Å². The van der Waals surface area contributed by atoms with Gasteiger partial charge in [0.2, 0.25) is 10.0 Å². The Morgan fingerprint density at radius 3 is 2.56 bits per heavy atom. The van der Waals surface area contributed by atoms with Crippen LogP contribution in [-0.4, -0.2) is 38.0 Å². The quantitative estimate of drug-likeness (QED) is 0.688. The second-order valence-electron chi connectivity index (χ2n) is 4.85. The Morgan fingerprint density at radius 1 is 1.24 bits per heavy atom. The number of ether oxygens (including phenoxy) is 1. The maximum absolute atomic E-state index is 12.9. The summed E-state index contributed by atoms with van der Waals surface area (Å²) in [5.74, 6) is -1.29. The van der Waals surface area contributed by atoms with Gasteiger partial charge in [0.25, 0.3) is 0 Å². The van der Waals surface area contributed by atoms with E-state index < -0.39 is 21.7 Å². The minimum atomic E-state index is -3.90. The van der Waals surface area contributed by atoms with Crippen LogP contribution in [0.25, 0.3) is 0 Å². The average Bonchev–Trinajstić information content (AvgIpc) is 2.59. The van der Waals surface area contributed by atoms with Crippen LogP contribution in [0.2, 0.25) is 10.0 Å². The zero-order valence-corrected chi connectivity index (χ0v) is 15.8. The molecule has 0 aliphatic rings. The first-order valence-corrected chi connectivity index (χ1v) is 9.51. The number of sulfonamides is 1. The molecule has 0 saturated heterocycles. The number of hydrogen-bond donors (Lipinski definition) is 0. The number of esters is 1. The summed E-state index contributed by atoms with van der Waals surface area (Å²) in [6.45, 7) is 1.66. The zero-order valence-electron chi connectivity index (χ0n) is 13.4. The molecule has 0 fully saturated rings. The van der Waals surface area contributed by atoms with E-state index >= 15 is 0 Å². The summed E-state index contributed by atoms with van der Waals surface area (Å²) in [7, 11) is -2.72. The summed E-state index contributed by atoms with van der Waals surface area (Å²) >= 11 is 12.0. The van der Waals surface area contributed by atoms with E-state index in [2.05, 4.69) is 14.7 Å². The normalized spacial score (nSPS) is 11.2. The van der Waals surface area contributed by atoms with E-state index in [4.69, 9.17) is 23.2 Å². The molecule has 0 amide bonds. The van der Waals surface area contributed by atoms with Gasteiger partial charge in [-0.3, -0.25) is 4.31 Å². The Morgan fingerprint density at radius 2 is 1.92 bits per heavy atom.